The number of primary amides is 1. The van der Waals surface area contributed by atoms with E-state index in [1.165, 1.54) is 15.3 Å². The normalized spacial score (nSPS) is 14.8. The number of aryl methyl sites for hydroxylation is 2. The highest BCUT2D eigenvalue weighted by Gasteiger charge is 2.16. The van der Waals surface area contributed by atoms with E-state index in [1.54, 1.807) is 11.3 Å². The largest absolute Gasteiger partial charge is 0.370 e. The fourth-order valence-corrected chi connectivity index (χ4v) is 3.00. The minimum absolute atomic E-state index is 0.0132. The Morgan fingerprint density at radius 1 is 1.50 bits per heavy atom. The van der Waals surface area contributed by atoms with Crippen LogP contribution in [0.5, 0.6) is 0 Å². The van der Waals surface area contributed by atoms with Crippen molar-refractivity contribution in [2.24, 2.45) is 17.4 Å². The van der Waals surface area contributed by atoms with E-state index >= 15 is 0 Å². The maximum absolute atomic E-state index is 10.8. The van der Waals surface area contributed by atoms with Gasteiger partial charge in [-0.3, -0.25) is 4.79 Å². The lowest BCUT2D eigenvalue weighted by Gasteiger charge is -2.16. The molecule has 2 atom stereocenters. The Morgan fingerprint density at radius 2 is 2.12 bits per heavy atom. The second kappa shape index (κ2) is 5.46. The molecule has 3 nitrogen and oxygen atoms in total. The van der Waals surface area contributed by atoms with Gasteiger partial charge in [0.2, 0.25) is 5.91 Å². The van der Waals surface area contributed by atoms with Crippen molar-refractivity contribution in [1.82, 2.24) is 0 Å². The first-order chi connectivity index (χ1) is 7.40. The van der Waals surface area contributed by atoms with Gasteiger partial charge in [-0.15, -0.1) is 11.3 Å². The van der Waals surface area contributed by atoms with Gasteiger partial charge in [0.1, 0.15) is 0 Å². The number of amides is 1. The molecule has 16 heavy (non-hydrogen) atoms. The Hall–Kier alpha value is -0.870. The predicted molar refractivity (Wildman–Crippen MR) is 68.3 cm³/mol. The zero-order valence-electron chi connectivity index (χ0n) is 10.1. The Balaban J connectivity index is 2.61. The van der Waals surface area contributed by atoms with Crippen molar-refractivity contribution < 1.29 is 4.79 Å². The van der Waals surface area contributed by atoms with Crippen LogP contribution in [0.4, 0.5) is 0 Å². The van der Waals surface area contributed by atoms with Gasteiger partial charge in [-0.05, 0) is 37.8 Å². The van der Waals surface area contributed by atoms with Gasteiger partial charge in [0.15, 0.2) is 0 Å². The first-order valence-electron chi connectivity index (χ1n) is 5.51. The van der Waals surface area contributed by atoms with E-state index in [0.717, 1.165) is 6.42 Å². The minimum Gasteiger partial charge on any atom is -0.370 e. The number of hydrogen-bond donors (Lipinski definition) is 2. The van der Waals surface area contributed by atoms with Crippen LogP contribution >= 0.6 is 11.3 Å². The van der Waals surface area contributed by atoms with Crippen LogP contribution in [-0.4, -0.2) is 5.91 Å². The molecule has 0 aliphatic carbocycles. The molecular weight excluding hydrogens is 220 g/mol. The van der Waals surface area contributed by atoms with Gasteiger partial charge < -0.3 is 11.5 Å². The molecule has 4 N–H and O–H groups in total. The van der Waals surface area contributed by atoms with E-state index < -0.39 is 0 Å². The molecule has 0 fully saturated rings. The van der Waals surface area contributed by atoms with Crippen molar-refractivity contribution in [1.29, 1.82) is 0 Å². The van der Waals surface area contributed by atoms with Gasteiger partial charge in [0.05, 0.1) is 0 Å². The minimum atomic E-state index is -0.252. The fraction of sp³-hybridized carbons (Fsp3) is 0.583. The number of carbonyl (C=O) groups excluding carboxylic acids is 1. The quantitative estimate of drug-likeness (QED) is 0.829. The van der Waals surface area contributed by atoms with E-state index in [0.29, 0.717) is 6.42 Å². The second-order valence-electron chi connectivity index (χ2n) is 4.49. The molecule has 0 saturated heterocycles. The number of rotatable bonds is 5. The molecule has 1 aromatic heterocycles. The molecule has 0 aliphatic rings. The van der Waals surface area contributed by atoms with Gasteiger partial charge in [0.25, 0.3) is 0 Å². The average Bonchev–Trinajstić information content (AvgIpc) is 2.43. The molecule has 1 heterocycles. The van der Waals surface area contributed by atoms with Crippen LogP contribution in [0.3, 0.4) is 0 Å². The standard InChI is InChI=1S/C12H20N2OS/c1-7(5-12(14)15)4-11(13)10-6-8(2)16-9(10)3/h6-7,11H,4-5,13H2,1-3H3,(H2,14,15). The fourth-order valence-electron chi connectivity index (χ4n) is 2.01. The maximum atomic E-state index is 10.8. The summed E-state index contributed by atoms with van der Waals surface area (Å²) in [6.45, 7) is 6.19. The van der Waals surface area contributed by atoms with E-state index in [9.17, 15) is 4.79 Å². The van der Waals surface area contributed by atoms with E-state index in [-0.39, 0.29) is 17.9 Å². The lowest BCUT2D eigenvalue weighted by atomic mass is 9.94. The molecule has 0 saturated carbocycles. The summed E-state index contributed by atoms with van der Waals surface area (Å²) >= 11 is 1.77. The van der Waals surface area contributed by atoms with Gasteiger partial charge >= 0.3 is 0 Å². The van der Waals surface area contributed by atoms with Crippen molar-refractivity contribution in [3.8, 4) is 0 Å². The molecule has 90 valence electrons. The molecule has 0 radical (unpaired) electrons. The second-order valence-corrected chi connectivity index (χ2v) is 5.95. The molecule has 2 unspecified atom stereocenters. The van der Waals surface area contributed by atoms with Gasteiger partial charge in [-0.2, -0.15) is 0 Å². The van der Waals surface area contributed by atoms with Crippen molar-refractivity contribution in [2.45, 2.75) is 39.7 Å². The zero-order chi connectivity index (χ0) is 12.3. The van der Waals surface area contributed by atoms with Gasteiger partial charge in [-0.25, -0.2) is 0 Å². The van der Waals surface area contributed by atoms with Crippen molar-refractivity contribution >= 4 is 17.2 Å². The van der Waals surface area contributed by atoms with Crippen molar-refractivity contribution in [3.63, 3.8) is 0 Å². The molecular formula is C12H20N2OS. The van der Waals surface area contributed by atoms with E-state index in [1.807, 2.05) is 6.92 Å². The monoisotopic (exact) mass is 240 g/mol. The highest BCUT2D eigenvalue weighted by Crippen LogP contribution is 2.29. The summed E-state index contributed by atoms with van der Waals surface area (Å²) in [7, 11) is 0. The lowest BCUT2D eigenvalue weighted by Crippen LogP contribution is -2.19. The summed E-state index contributed by atoms with van der Waals surface area (Å²) in [4.78, 5) is 13.3. The Labute approximate surface area is 101 Å². The topological polar surface area (TPSA) is 69.1 Å². The SMILES string of the molecule is Cc1cc(C(N)CC(C)CC(N)=O)c(C)s1. The molecule has 4 heteroatoms. The molecule has 1 rings (SSSR count). The number of carbonyl (C=O) groups is 1. The summed E-state index contributed by atoms with van der Waals surface area (Å²) in [5.41, 5.74) is 12.5. The summed E-state index contributed by atoms with van der Waals surface area (Å²) < 4.78 is 0. The summed E-state index contributed by atoms with van der Waals surface area (Å²) in [6.07, 6.45) is 1.22. The summed E-state index contributed by atoms with van der Waals surface area (Å²) in [5.74, 6) is -0.00923. The van der Waals surface area contributed by atoms with Crippen molar-refractivity contribution in [2.75, 3.05) is 0 Å². The summed E-state index contributed by atoms with van der Waals surface area (Å²) in [6, 6.07) is 2.15. The van der Waals surface area contributed by atoms with E-state index in [4.69, 9.17) is 11.5 Å². The van der Waals surface area contributed by atoms with Gasteiger partial charge in [0, 0.05) is 22.2 Å². The van der Waals surface area contributed by atoms with Crippen LogP contribution in [0.1, 0.15) is 41.1 Å². The molecule has 0 aliphatic heterocycles. The Bertz CT molecular complexity index is 373. The van der Waals surface area contributed by atoms with Gasteiger partial charge in [-0.1, -0.05) is 6.92 Å². The maximum Gasteiger partial charge on any atom is 0.217 e. The highest BCUT2D eigenvalue weighted by atomic mass is 32.1. The molecule has 0 spiro atoms. The number of thiophene rings is 1. The van der Waals surface area contributed by atoms with E-state index in [2.05, 4.69) is 19.9 Å². The van der Waals surface area contributed by atoms with Crippen LogP contribution in [0.15, 0.2) is 6.07 Å². The molecule has 0 aromatic carbocycles. The van der Waals surface area contributed by atoms with Crippen LogP contribution in [0.25, 0.3) is 0 Å². The van der Waals surface area contributed by atoms with Crippen LogP contribution < -0.4 is 11.5 Å². The Kier molecular flexibility index (Phi) is 4.50. The first-order valence-corrected chi connectivity index (χ1v) is 6.32. The smallest absolute Gasteiger partial charge is 0.217 e. The Morgan fingerprint density at radius 3 is 2.56 bits per heavy atom. The highest BCUT2D eigenvalue weighted by molar-refractivity contribution is 7.12. The lowest BCUT2D eigenvalue weighted by molar-refractivity contribution is -0.118. The van der Waals surface area contributed by atoms with Crippen molar-refractivity contribution in [3.05, 3.63) is 21.4 Å². The molecule has 0 bridgehead atoms. The zero-order valence-corrected chi connectivity index (χ0v) is 10.9. The van der Waals surface area contributed by atoms with Crippen LogP contribution in [-0.2, 0) is 4.79 Å². The van der Waals surface area contributed by atoms with Crippen LogP contribution in [0, 0.1) is 19.8 Å². The number of nitrogens with two attached hydrogens (primary N) is 2. The number of hydrogen-bond acceptors (Lipinski definition) is 3. The average molecular weight is 240 g/mol. The third kappa shape index (κ3) is 3.61. The first kappa shape index (κ1) is 13.2. The third-order valence-corrected chi connectivity index (χ3v) is 3.67. The molecule has 1 aromatic rings. The third-order valence-electron chi connectivity index (χ3n) is 2.68. The van der Waals surface area contributed by atoms with Crippen LogP contribution in [0.2, 0.25) is 0 Å². The predicted octanol–water partition coefficient (Wildman–Crippen LogP) is 2.27. The summed E-state index contributed by atoms with van der Waals surface area (Å²) in [5, 5.41) is 0. The molecule has 1 amide bonds.